The number of hydrogen-bond donors (Lipinski definition) is 0. The molecule has 2 heterocycles. The van der Waals surface area contributed by atoms with Crippen molar-refractivity contribution in [3.05, 3.63) is 240 Å². The van der Waals surface area contributed by atoms with Gasteiger partial charge in [-0.05, 0) is 125 Å². The molecule has 8 aromatic carbocycles. The van der Waals surface area contributed by atoms with Gasteiger partial charge in [0.15, 0.2) is 11.2 Å². The average Bonchev–Trinajstić information content (AvgIpc) is 4.02. The Hall–Kier alpha value is -9.10. The van der Waals surface area contributed by atoms with E-state index in [0.717, 1.165) is 99.9 Å². The number of anilines is 5. The molecule has 68 heavy (non-hydrogen) atoms. The maximum absolute atomic E-state index is 9.88. The number of allylic oxidation sites excluding steroid dienone is 7. The van der Waals surface area contributed by atoms with Crippen LogP contribution in [0.1, 0.15) is 42.5 Å². The Bertz CT molecular complexity index is 3950. The van der Waals surface area contributed by atoms with E-state index in [9.17, 15) is 10.5 Å². The maximum atomic E-state index is 9.88. The number of para-hydroxylation sites is 4. The van der Waals surface area contributed by atoms with Crippen molar-refractivity contribution >= 4 is 88.7 Å². The highest BCUT2D eigenvalue weighted by Crippen LogP contribution is 2.56. The van der Waals surface area contributed by atoms with Crippen LogP contribution in [-0.2, 0) is 5.41 Å². The maximum Gasteiger partial charge on any atom is 0.159 e. The van der Waals surface area contributed by atoms with Crippen LogP contribution in [-0.4, -0.2) is 0 Å². The molecule has 0 spiro atoms. The molecule has 0 aliphatic heterocycles. The van der Waals surface area contributed by atoms with E-state index < -0.39 is 5.41 Å². The van der Waals surface area contributed by atoms with Crippen molar-refractivity contribution in [2.45, 2.75) is 25.7 Å². The molecule has 6 nitrogen and oxygen atoms in total. The monoisotopic (exact) mass is 874 g/mol. The lowest BCUT2D eigenvalue weighted by Crippen LogP contribution is -2.22. The topological polar surface area (TPSA) is 80.3 Å². The highest BCUT2D eigenvalue weighted by molar-refractivity contribution is 6.13. The van der Waals surface area contributed by atoms with Crippen molar-refractivity contribution in [1.29, 1.82) is 10.5 Å². The summed E-state index contributed by atoms with van der Waals surface area (Å²) in [4.78, 5) is 4.53. The van der Waals surface area contributed by atoms with Gasteiger partial charge in [0, 0.05) is 43.7 Å². The molecule has 0 N–H and O–H groups in total. The number of benzene rings is 8. The third-order valence-electron chi connectivity index (χ3n) is 13.7. The minimum atomic E-state index is -0.481. The minimum Gasteiger partial charge on any atom is -0.454 e. The van der Waals surface area contributed by atoms with E-state index in [1.165, 1.54) is 16.7 Å². The zero-order valence-corrected chi connectivity index (χ0v) is 37.5. The number of hydrogen-bond acceptors (Lipinski definition) is 6. The summed E-state index contributed by atoms with van der Waals surface area (Å²) in [6, 6.07) is 60.2. The Morgan fingerprint density at radius 3 is 1.65 bits per heavy atom. The number of rotatable bonds is 6. The SMILES string of the molecule is C=C1/C=C\C=C/CC2=C(C=C1N(c1ccc(C#N)cc1)c1cccc3c1oc1ccccc13)C(C)(C)c1c2cc(N(c2ccc(C#N)cc2)c2cccc3c2oc2ccccc23)c2ccccc12. The standard InChI is InChI=1S/C62H42N4O2/c1-39-15-5-4-6-16-44-51-35-56(66(43-33-29-41(38-64)30-34-43)54-24-14-22-50-47-19-10-12-26-58(47)68-61(50)54)45-17-7-8-20-48(45)59(51)62(2,3)52(44)36-55(39)65(42-31-27-40(37-63)28-32-42)53-23-13-21-49-46-18-9-11-25-57(46)67-60(49)53/h4-15,17-36H,1,16H2,2-3H3/b6-4-,15-5-,55-36?. The molecule has 0 atom stereocenters. The molecule has 2 aromatic heterocycles. The van der Waals surface area contributed by atoms with E-state index in [-0.39, 0.29) is 0 Å². The predicted molar refractivity (Wildman–Crippen MR) is 278 cm³/mol. The van der Waals surface area contributed by atoms with Crippen molar-refractivity contribution in [2.75, 3.05) is 9.80 Å². The summed E-state index contributed by atoms with van der Waals surface area (Å²) in [6.07, 6.45) is 11.5. The molecule has 0 saturated carbocycles. The number of fused-ring (bicyclic) bond motifs is 10. The minimum absolute atomic E-state index is 0.481. The molecule has 322 valence electrons. The van der Waals surface area contributed by atoms with Crippen molar-refractivity contribution in [3.8, 4) is 12.1 Å². The fourth-order valence-electron chi connectivity index (χ4n) is 10.6. The van der Waals surface area contributed by atoms with Crippen molar-refractivity contribution in [1.82, 2.24) is 0 Å². The molecule has 0 radical (unpaired) electrons. The zero-order chi connectivity index (χ0) is 46.1. The Morgan fingerprint density at radius 2 is 1.06 bits per heavy atom. The van der Waals surface area contributed by atoms with Gasteiger partial charge in [0.2, 0.25) is 0 Å². The van der Waals surface area contributed by atoms with Crippen LogP contribution < -0.4 is 9.80 Å². The molecular formula is C62H42N4O2. The molecule has 0 unspecified atom stereocenters. The summed E-state index contributed by atoms with van der Waals surface area (Å²) in [5.74, 6) is 0. The lowest BCUT2D eigenvalue weighted by molar-refractivity contribution is 0.658. The van der Waals surface area contributed by atoms with Gasteiger partial charge in [0.05, 0.1) is 46.0 Å². The Balaban J connectivity index is 1.13. The molecule has 0 amide bonds. The van der Waals surface area contributed by atoms with Crippen molar-refractivity contribution in [3.63, 3.8) is 0 Å². The van der Waals surface area contributed by atoms with E-state index >= 15 is 0 Å². The van der Waals surface area contributed by atoms with Gasteiger partial charge in [0.25, 0.3) is 0 Å². The van der Waals surface area contributed by atoms with Crippen LogP contribution >= 0.6 is 0 Å². The van der Waals surface area contributed by atoms with Gasteiger partial charge in [-0.3, -0.25) is 0 Å². The first-order valence-electron chi connectivity index (χ1n) is 22.8. The fourth-order valence-corrected chi connectivity index (χ4v) is 10.6. The van der Waals surface area contributed by atoms with Gasteiger partial charge in [-0.1, -0.05) is 130 Å². The highest BCUT2D eigenvalue weighted by Gasteiger charge is 2.40. The van der Waals surface area contributed by atoms with Crippen LogP contribution in [0.15, 0.2) is 226 Å². The Morgan fingerprint density at radius 1 is 0.544 bits per heavy atom. The molecule has 0 bridgehead atoms. The van der Waals surface area contributed by atoms with Crippen LogP contribution in [0, 0.1) is 22.7 Å². The number of furan rings is 2. The fraction of sp³-hybridized carbons (Fsp3) is 0.0645. The van der Waals surface area contributed by atoms with E-state index in [1.54, 1.807) is 0 Å². The first kappa shape index (κ1) is 40.4. The smallest absolute Gasteiger partial charge is 0.159 e. The lowest BCUT2D eigenvalue weighted by atomic mass is 9.78. The summed E-state index contributed by atoms with van der Waals surface area (Å²) in [5.41, 5.74) is 14.8. The summed E-state index contributed by atoms with van der Waals surface area (Å²) in [6.45, 7) is 9.42. The summed E-state index contributed by atoms with van der Waals surface area (Å²) >= 11 is 0. The average molecular weight is 875 g/mol. The van der Waals surface area contributed by atoms with Gasteiger partial charge >= 0.3 is 0 Å². The summed E-state index contributed by atoms with van der Waals surface area (Å²) < 4.78 is 13.5. The van der Waals surface area contributed by atoms with Gasteiger partial charge in [0.1, 0.15) is 11.2 Å². The lowest BCUT2D eigenvalue weighted by Gasteiger charge is -2.32. The normalized spacial score (nSPS) is 15.2. The van der Waals surface area contributed by atoms with Crippen molar-refractivity contribution < 1.29 is 8.83 Å². The van der Waals surface area contributed by atoms with Crippen molar-refractivity contribution in [2.24, 2.45) is 0 Å². The second-order valence-corrected chi connectivity index (χ2v) is 17.9. The van der Waals surface area contributed by atoms with E-state index in [0.29, 0.717) is 17.5 Å². The largest absolute Gasteiger partial charge is 0.454 e. The highest BCUT2D eigenvalue weighted by atomic mass is 16.3. The van der Waals surface area contributed by atoms with Crippen LogP contribution in [0.2, 0.25) is 0 Å². The summed E-state index contributed by atoms with van der Waals surface area (Å²) in [7, 11) is 0. The summed E-state index contributed by atoms with van der Waals surface area (Å²) in [5, 5.41) is 26.1. The molecule has 0 saturated heterocycles. The second-order valence-electron chi connectivity index (χ2n) is 17.9. The molecule has 2 aliphatic rings. The Labute approximate surface area is 393 Å². The van der Waals surface area contributed by atoms with E-state index in [2.05, 4.69) is 145 Å². The number of nitriles is 2. The van der Waals surface area contributed by atoms with Crippen LogP contribution in [0.4, 0.5) is 28.4 Å². The molecule has 0 fully saturated rings. The predicted octanol–water partition coefficient (Wildman–Crippen LogP) is 16.7. The number of nitrogens with zero attached hydrogens (tertiary/aromatic N) is 4. The van der Waals surface area contributed by atoms with Crippen LogP contribution in [0.5, 0.6) is 0 Å². The molecule has 10 aromatic rings. The third-order valence-corrected chi connectivity index (χ3v) is 13.7. The van der Waals surface area contributed by atoms with E-state index in [1.807, 2.05) is 84.9 Å². The molecular weight excluding hydrogens is 833 g/mol. The molecule has 12 rings (SSSR count). The van der Waals surface area contributed by atoms with E-state index in [4.69, 9.17) is 15.4 Å². The quantitative estimate of drug-likeness (QED) is 0.166. The zero-order valence-electron chi connectivity index (χ0n) is 37.5. The van der Waals surface area contributed by atoms with Crippen LogP contribution in [0.3, 0.4) is 0 Å². The molecule has 2 aliphatic carbocycles. The molecule has 6 heteroatoms. The third kappa shape index (κ3) is 6.31. The van der Waals surface area contributed by atoms with Gasteiger partial charge in [-0.2, -0.15) is 10.5 Å². The van der Waals surface area contributed by atoms with Gasteiger partial charge in [-0.15, -0.1) is 0 Å². The Kier molecular flexibility index (Phi) is 9.39. The first-order chi connectivity index (χ1) is 33.3. The van der Waals surface area contributed by atoms with Crippen LogP contribution in [0.25, 0.3) is 60.2 Å². The van der Waals surface area contributed by atoms with Gasteiger partial charge in [-0.25, -0.2) is 0 Å². The first-order valence-corrected chi connectivity index (χ1v) is 22.8. The second kappa shape index (κ2) is 15.8. The van der Waals surface area contributed by atoms with Gasteiger partial charge < -0.3 is 18.6 Å².